The van der Waals surface area contributed by atoms with Gasteiger partial charge in [0.25, 0.3) is 5.91 Å². The summed E-state index contributed by atoms with van der Waals surface area (Å²) in [6, 6.07) is 17.4. The SMILES string of the molecule is O=C(NCCN1CCCc2ccccc21)C1CCCCN1C(=O)c1ccccc1. The van der Waals surface area contributed by atoms with Gasteiger partial charge in [0, 0.05) is 37.4 Å². The van der Waals surface area contributed by atoms with Gasteiger partial charge in [0.1, 0.15) is 6.04 Å². The molecule has 5 nitrogen and oxygen atoms in total. The van der Waals surface area contributed by atoms with Gasteiger partial charge in [-0.3, -0.25) is 9.59 Å². The zero-order valence-corrected chi connectivity index (χ0v) is 16.8. The number of nitrogens with one attached hydrogen (secondary N) is 1. The standard InChI is InChI=1S/C24H29N3O2/c28-23(25-15-18-26-16-8-12-19-9-4-5-13-21(19)26)22-14-6-7-17-27(22)24(29)20-10-2-1-3-11-20/h1-5,9-11,13,22H,6-8,12,14-18H2,(H,25,28). The largest absolute Gasteiger partial charge is 0.370 e. The van der Waals surface area contributed by atoms with Crippen LogP contribution in [0.1, 0.15) is 41.6 Å². The minimum absolute atomic E-state index is 0.0284. The Balaban J connectivity index is 1.35. The number of rotatable bonds is 5. The van der Waals surface area contributed by atoms with Crippen LogP contribution in [0.3, 0.4) is 0 Å². The lowest BCUT2D eigenvalue weighted by Crippen LogP contribution is -2.52. The number of fused-ring (bicyclic) bond motifs is 1. The van der Waals surface area contributed by atoms with Crippen LogP contribution < -0.4 is 10.2 Å². The van der Waals surface area contributed by atoms with Crippen LogP contribution in [-0.2, 0) is 11.2 Å². The number of para-hydroxylation sites is 1. The molecule has 1 unspecified atom stereocenters. The number of hydrogen-bond donors (Lipinski definition) is 1. The molecule has 1 saturated heterocycles. The van der Waals surface area contributed by atoms with Crippen LogP contribution in [0, 0.1) is 0 Å². The second-order valence-corrected chi connectivity index (χ2v) is 7.89. The molecule has 4 rings (SSSR count). The van der Waals surface area contributed by atoms with Crippen LogP contribution in [0.5, 0.6) is 0 Å². The summed E-state index contributed by atoms with van der Waals surface area (Å²) in [6.45, 7) is 3.05. The predicted molar refractivity (Wildman–Crippen MR) is 115 cm³/mol. The van der Waals surface area contributed by atoms with Gasteiger partial charge >= 0.3 is 0 Å². The molecule has 2 aromatic carbocycles. The van der Waals surface area contributed by atoms with E-state index in [9.17, 15) is 9.59 Å². The second kappa shape index (κ2) is 9.12. The molecular formula is C24H29N3O2. The smallest absolute Gasteiger partial charge is 0.254 e. The van der Waals surface area contributed by atoms with Gasteiger partial charge in [0.2, 0.25) is 5.91 Å². The highest BCUT2D eigenvalue weighted by molar-refractivity contribution is 5.97. The number of amides is 2. The first kappa shape index (κ1) is 19.5. The number of piperidine rings is 1. The average molecular weight is 392 g/mol. The number of nitrogens with zero attached hydrogens (tertiary/aromatic N) is 2. The molecule has 1 atom stereocenters. The predicted octanol–water partition coefficient (Wildman–Crippen LogP) is 3.25. The minimum Gasteiger partial charge on any atom is -0.370 e. The van der Waals surface area contributed by atoms with E-state index in [1.807, 2.05) is 30.3 Å². The summed E-state index contributed by atoms with van der Waals surface area (Å²) < 4.78 is 0. The summed E-state index contributed by atoms with van der Waals surface area (Å²) in [5.41, 5.74) is 3.32. The van der Waals surface area contributed by atoms with Crippen LogP contribution in [-0.4, -0.2) is 48.9 Å². The molecule has 0 bridgehead atoms. The van der Waals surface area contributed by atoms with Crippen molar-refractivity contribution in [1.82, 2.24) is 10.2 Å². The van der Waals surface area contributed by atoms with Crippen LogP contribution in [0.15, 0.2) is 54.6 Å². The fourth-order valence-corrected chi connectivity index (χ4v) is 4.47. The number of anilines is 1. The number of carbonyl (C=O) groups is 2. The molecule has 0 aromatic heterocycles. The molecule has 2 amide bonds. The first-order chi connectivity index (χ1) is 14.2. The Morgan fingerprint density at radius 3 is 2.59 bits per heavy atom. The van der Waals surface area contributed by atoms with Crippen molar-refractivity contribution in [2.45, 2.75) is 38.1 Å². The molecule has 1 N–H and O–H groups in total. The summed E-state index contributed by atoms with van der Waals surface area (Å²) in [5, 5.41) is 3.09. The number of aryl methyl sites for hydroxylation is 1. The third kappa shape index (κ3) is 4.44. The number of likely N-dealkylation sites (tertiary alicyclic amines) is 1. The van der Waals surface area contributed by atoms with Crippen molar-refractivity contribution in [2.24, 2.45) is 0 Å². The first-order valence-electron chi connectivity index (χ1n) is 10.7. The van der Waals surface area contributed by atoms with E-state index in [1.54, 1.807) is 4.90 Å². The number of benzene rings is 2. The monoisotopic (exact) mass is 391 g/mol. The normalized spacial score (nSPS) is 18.8. The number of carbonyl (C=O) groups excluding carboxylic acids is 2. The first-order valence-corrected chi connectivity index (χ1v) is 10.7. The van der Waals surface area contributed by atoms with Crippen molar-refractivity contribution in [3.8, 4) is 0 Å². The van der Waals surface area contributed by atoms with E-state index in [0.29, 0.717) is 18.7 Å². The molecule has 1 fully saturated rings. The van der Waals surface area contributed by atoms with Gasteiger partial charge in [0.05, 0.1) is 0 Å². The van der Waals surface area contributed by atoms with Crippen LogP contribution in [0.4, 0.5) is 5.69 Å². The molecule has 0 radical (unpaired) electrons. The molecule has 2 aliphatic rings. The van der Waals surface area contributed by atoms with Crippen LogP contribution in [0.25, 0.3) is 0 Å². The van der Waals surface area contributed by atoms with E-state index in [2.05, 4.69) is 34.5 Å². The number of hydrogen-bond acceptors (Lipinski definition) is 3. The molecule has 5 heteroatoms. The van der Waals surface area contributed by atoms with E-state index in [0.717, 1.165) is 45.2 Å². The maximum Gasteiger partial charge on any atom is 0.254 e. The summed E-state index contributed by atoms with van der Waals surface area (Å²) in [7, 11) is 0. The average Bonchev–Trinajstić information content (AvgIpc) is 2.79. The van der Waals surface area contributed by atoms with Gasteiger partial charge in [-0.25, -0.2) is 0 Å². The fraction of sp³-hybridized carbons (Fsp3) is 0.417. The lowest BCUT2D eigenvalue weighted by Gasteiger charge is -2.35. The Hall–Kier alpha value is -2.82. The van der Waals surface area contributed by atoms with E-state index < -0.39 is 0 Å². The highest BCUT2D eigenvalue weighted by atomic mass is 16.2. The zero-order chi connectivity index (χ0) is 20.1. The lowest BCUT2D eigenvalue weighted by atomic mass is 10.00. The van der Waals surface area contributed by atoms with Crippen LogP contribution >= 0.6 is 0 Å². The summed E-state index contributed by atoms with van der Waals surface area (Å²) in [6.07, 6.45) is 4.94. The van der Waals surface area contributed by atoms with Gasteiger partial charge in [0.15, 0.2) is 0 Å². The second-order valence-electron chi connectivity index (χ2n) is 7.89. The molecule has 0 saturated carbocycles. The third-order valence-electron chi connectivity index (χ3n) is 5.97. The van der Waals surface area contributed by atoms with Crippen molar-refractivity contribution < 1.29 is 9.59 Å². The van der Waals surface area contributed by atoms with Crippen molar-refractivity contribution in [1.29, 1.82) is 0 Å². The topological polar surface area (TPSA) is 52.7 Å². The molecule has 2 aromatic rings. The Morgan fingerprint density at radius 1 is 0.931 bits per heavy atom. The Morgan fingerprint density at radius 2 is 1.72 bits per heavy atom. The van der Waals surface area contributed by atoms with Gasteiger partial charge in [-0.1, -0.05) is 36.4 Å². The molecule has 2 aliphatic heterocycles. The van der Waals surface area contributed by atoms with E-state index in [-0.39, 0.29) is 17.9 Å². The maximum atomic E-state index is 12.9. The fourth-order valence-electron chi connectivity index (χ4n) is 4.47. The highest BCUT2D eigenvalue weighted by Gasteiger charge is 2.32. The Kier molecular flexibility index (Phi) is 6.13. The van der Waals surface area contributed by atoms with E-state index in [4.69, 9.17) is 0 Å². The summed E-state index contributed by atoms with van der Waals surface area (Å²) in [5.74, 6) is -0.0744. The lowest BCUT2D eigenvalue weighted by molar-refractivity contribution is -0.126. The minimum atomic E-state index is -0.370. The summed E-state index contributed by atoms with van der Waals surface area (Å²) >= 11 is 0. The Labute approximate surface area is 172 Å². The van der Waals surface area contributed by atoms with E-state index in [1.165, 1.54) is 11.3 Å². The molecule has 2 heterocycles. The van der Waals surface area contributed by atoms with Gasteiger partial charge in [-0.15, -0.1) is 0 Å². The third-order valence-corrected chi connectivity index (χ3v) is 5.97. The van der Waals surface area contributed by atoms with Crippen molar-refractivity contribution in [2.75, 3.05) is 31.1 Å². The molecule has 152 valence electrons. The molecule has 29 heavy (non-hydrogen) atoms. The van der Waals surface area contributed by atoms with Crippen molar-refractivity contribution in [3.63, 3.8) is 0 Å². The van der Waals surface area contributed by atoms with Gasteiger partial charge in [-0.05, 0) is 55.9 Å². The zero-order valence-electron chi connectivity index (χ0n) is 16.8. The molecule has 0 aliphatic carbocycles. The van der Waals surface area contributed by atoms with Crippen molar-refractivity contribution in [3.05, 3.63) is 65.7 Å². The van der Waals surface area contributed by atoms with Crippen LogP contribution in [0.2, 0.25) is 0 Å². The quantitative estimate of drug-likeness (QED) is 0.851. The molecule has 0 spiro atoms. The van der Waals surface area contributed by atoms with Gasteiger partial charge in [-0.2, -0.15) is 0 Å². The Bertz CT molecular complexity index is 852. The molecular weight excluding hydrogens is 362 g/mol. The van der Waals surface area contributed by atoms with Crippen molar-refractivity contribution >= 4 is 17.5 Å². The van der Waals surface area contributed by atoms with E-state index >= 15 is 0 Å². The van der Waals surface area contributed by atoms with Gasteiger partial charge < -0.3 is 15.1 Å². The maximum absolute atomic E-state index is 12.9. The highest BCUT2D eigenvalue weighted by Crippen LogP contribution is 2.26. The summed E-state index contributed by atoms with van der Waals surface area (Å²) in [4.78, 5) is 29.9.